The second-order valence-electron chi connectivity index (χ2n) is 3.33. The second-order valence-corrected chi connectivity index (χ2v) is 4.32. The van der Waals surface area contributed by atoms with E-state index in [0.717, 1.165) is 22.1 Å². The molecule has 0 bridgehead atoms. The van der Waals surface area contributed by atoms with Gasteiger partial charge in [-0.15, -0.1) is 0 Å². The number of hydrogen-bond acceptors (Lipinski definition) is 5. The topological polar surface area (TPSA) is 72.3 Å². The Morgan fingerprint density at radius 1 is 1.50 bits per heavy atom. The highest BCUT2D eigenvalue weighted by Gasteiger charge is 2.08. The first-order chi connectivity index (χ1) is 8.70. The van der Waals surface area contributed by atoms with E-state index >= 15 is 0 Å². The standard InChI is InChI=1S/C12H10N2O3S/c1-17-12-14-7-10(18-12)9-4-5-13-6-8(9)2-3-11(15)16/h2-7H,1H3,(H,15,16)/b3-2+. The van der Waals surface area contributed by atoms with Crippen LogP contribution in [-0.2, 0) is 4.79 Å². The molecule has 2 heterocycles. The van der Waals surface area contributed by atoms with Crippen LogP contribution < -0.4 is 4.74 Å². The number of carboxylic acid groups (broad SMARTS) is 1. The van der Waals surface area contributed by atoms with Gasteiger partial charge in [0.1, 0.15) is 0 Å². The van der Waals surface area contributed by atoms with Crippen LogP contribution in [0.2, 0.25) is 0 Å². The van der Waals surface area contributed by atoms with Gasteiger partial charge in [0.25, 0.3) is 5.19 Å². The fourth-order valence-corrected chi connectivity index (χ4v) is 2.18. The molecule has 0 unspecified atom stereocenters. The molecule has 0 atom stereocenters. The fourth-order valence-electron chi connectivity index (χ4n) is 1.40. The van der Waals surface area contributed by atoms with Crippen LogP contribution >= 0.6 is 11.3 Å². The summed E-state index contributed by atoms with van der Waals surface area (Å²) in [4.78, 5) is 19.5. The number of nitrogens with zero attached hydrogens (tertiary/aromatic N) is 2. The molecule has 6 heteroatoms. The summed E-state index contributed by atoms with van der Waals surface area (Å²) in [5.41, 5.74) is 1.61. The summed E-state index contributed by atoms with van der Waals surface area (Å²) < 4.78 is 5.03. The summed E-state index contributed by atoms with van der Waals surface area (Å²) >= 11 is 1.39. The molecule has 0 aliphatic heterocycles. The zero-order valence-corrected chi connectivity index (χ0v) is 10.3. The molecule has 0 aliphatic carbocycles. The Morgan fingerprint density at radius 2 is 2.33 bits per heavy atom. The SMILES string of the molecule is COc1ncc(-c2ccncc2/C=C/C(=O)O)s1. The molecule has 2 rings (SSSR count). The minimum atomic E-state index is -0.994. The number of pyridine rings is 1. The minimum absolute atomic E-state index is 0.565. The van der Waals surface area contributed by atoms with E-state index in [9.17, 15) is 4.79 Å². The number of aliphatic carboxylic acids is 1. The van der Waals surface area contributed by atoms with Gasteiger partial charge in [0.05, 0.1) is 12.0 Å². The lowest BCUT2D eigenvalue weighted by molar-refractivity contribution is -0.131. The van der Waals surface area contributed by atoms with Crippen LogP contribution in [0.15, 0.2) is 30.7 Å². The van der Waals surface area contributed by atoms with E-state index in [2.05, 4.69) is 9.97 Å². The molecule has 0 aromatic carbocycles. The predicted molar refractivity (Wildman–Crippen MR) is 68.6 cm³/mol. The van der Waals surface area contributed by atoms with Crippen molar-refractivity contribution in [3.63, 3.8) is 0 Å². The van der Waals surface area contributed by atoms with Gasteiger partial charge in [-0.05, 0) is 12.1 Å². The summed E-state index contributed by atoms with van der Waals surface area (Å²) in [6.07, 6.45) is 7.55. The van der Waals surface area contributed by atoms with Crippen molar-refractivity contribution < 1.29 is 14.6 Å². The van der Waals surface area contributed by atoms with Crippen LogP contribution in [0.4, 0.5) is 0 Å². The van der Waals surface area contributed by atoms with Crippen LogP contribution in [0.1, 0.15) is 5.56 Å². The number of thiazole rings is 1. The zero-order valence-electron chi connectivity index (χ0n) is 9.53. The highest BCUT2D eigenvalue weighted by Crippen LogP contribution is 2.32. The first-order valence-corrected chi connectivity index (χ1v) is 5.87. The van der Waals surface area contributed by atoms with E-state index < -0.39 is 5.97 Å². The molecule has 0 spiro atoms. The van der Waals surface area contributed by atoms with Crippen LogP contribution in [-0.4, -0.2) is 28.2 Å². The van der Waals surface area contributed by atoms with Gasteiger partial charge in [0, 0.05) is 35.8 Å². The number of carboxylic acids is 1. The van der Waals surface area contributed by atoms with E-state index in [4.69, 9.17) is 9.84 Å². The van der Waals surface area contributed by atoms with E-state index in [1.165, 1.54) is 17.4 Å². The largest absolute Gasteiger partial charge is 0.478 e. The molecule has 1 N–H and O–H groups in total. The first-order valence-electron chi connectivity index (χ1n) is 5.06. The highest BCUT2D eigenvalue weighted by molar-refractivity contribution is 7.16. The maximum absolute atomic E-state index is 10.5. The number of hydrogen-bond donors (Lipinski definition) is 1. The molecule has 18 heavy (non-hydrogen) atoms. The van der Waals surface area contributed by atoms with Crippen molar-refractivity contribution in [3.8, 4) is 15.6 Å². The average molecular weight is 262 g/mol. The lowest BCUT2D eigenvalue weighted by Gasteiger charge is -2.01. The molecule has 0 saturated heterocycles. The van der Waals surface area contributed by atoms with Gasteiger partial charge in [0.15, 0.2) is 0 Å². The van der Waals surface area contributed by atoms with Gasteiger partial charge < -0.3 is 9.84 Å². The van der Waals surface area contributed by atoms with Gasteiger partial charge >= 0.3 is 5.97 Å². The molecule has 2 aromatic rings. The van der Waals surface area contributed by atoms with Crippen molar-refractivity contribution in [2.24, 2.45) is 0 Å². The summed E-state index contributed by atoms with van der Waals surface area (Å²) in [7, 11) is 1.56. The molecule has 0 fully saturated rings. The number of methoxy groups -OCH3 is 1. The van der Waals surface area contributed by atoms with Crippen molar-refractivity contribution in [1.29, 1.82) is 0 Å². The predicted octanol–water partition coefficient (Wildman–Crippen LogP) is 2.31. The molecule has 0 saturated carbocycles. The van der Waals surface area contributed by atoms with Gasteiger partial charge in [-0.25, -0.2) is 9.78 Å². The zero-order chi connectivity index (χ0) is 13.0. The van der Waals surface area contributed by atoms with Crippen molar-refractivity contribution in [2.75, 3.05) is 7.11 Å². The molecule has 0 radical (unpaired) electrons. The van der Waals surface area contributed by atoms with Crippen molar-refractivity contribution in [3.05, 3.63) is 36.3 Å². The summed E-state index contributed by atoms with van der Waals surface area (Å²) in [6.45, 7) is 0. The lowest BCUT2D eigenvalue weighted by atomic mass is 10.1. The van der Waals surface area contributed by atoms with E-state index in [-0.39, 0.29) is 0 Å². The first kappa shape index (κ1) is 12.3. The van der Waals surface area contributed by atoms with E-state index in [1.54, 1.807) is 25.7 Å². The second kappa shape index (κ2) is 5.42. The van der Waals surface area contributed by atoms with Crippen LogP contribution in [0.25, 0.3) is 16.5 Å². The molecular formula is C12H10N2O3S. The normalized spacial score (nSPS) is 10.7. The van der Waals surface area contributed by atoms with Crippen LogP contribution in [0.3, 0.4) is 0 Å². The molecule has 0 amide bonds. The van der Waals surface area contributed by atoms with E-state index in [0.29, 0.717) is 5.19 Å². The Balaban J connectivity index is 2.41. The van der Waals surface area contributed by atoms with Crippen molar-refractivity contribution >= 4 is 23.4 Å². The quantitative estimate of drug-likeness (QED) is 0.856. The maximum atomic E-state index is 10.5. The van der Waals surface area contributed by atoms with E-state index in [1.807, 2.05) is 6.07 Å². The number of carbonyl (C=O) groups is 1. The van der Waals surface area contributed by atoms with Gasteiger partial charge in [-0.1, -0.05) is 11.3 Å². The molecule has 5 nitrogen and oxygen atoms in total. The average Bonchev–Trinajstić information content (AvgIpc) is 2.85. The fraction of sp³-hybridized carbons (Fsp3) is 0.0833. The van der Waals surface area contributed by atoms with Crippen LogP contribution in [0.5, 0.6) is 5.19 Å². The third-order valence-electron chi connectivity index (χ3n) is 2.18. The molecule has 2 aromatic heterocycles. The summed E-state index contributed by atoms with van der Waals surface area (Å²) in [5.74, 6) is -0.994. The van der Waals surface area contributed by atoms with Gasteiger partial charge in [0.2, 0.25) is 0 Å². The number of rotatable bonds is 4. The molecule has 0 aliphatic rings. The third kappa shape index (κ3) is 2.72. The Hall–Kier alpha value is -2.21. The molecular weight excluding hydrogens is 252 g/mol. The Labute approximate surface area is 107 Å². The van der Waals surface area contributed by atoms with Gasteiger partial charge in [-0.2, -0.15) is 0 Å². The molecule has 92 valence electrons. The van der Waals surface area contributed by atoms with Crippen LogP contribution in [0, 0.1) is 0 Å². The van der Waals surface area contributed by atoms with Gasteiger partial charge in [-0.3, -0.25) is 4.98 Å². The Kier molecular flexibility index (Phi) is 3.69. The van der Waals surface area contributed by atoms with Crippen molar-refractivity contribution in [2.45, 2.75) is 0 Å². The number of aromatic nitrogens is 2. The highest BCUT2D eigenvalue weighted by atomic mass is 32.1. The summed E-state index contributed by atoms with van der Waals surface area (Å²) in [6, 6.07) is 1.81. The summed E-state index contributed by atoms with van der Waals surface area (Å²) in [5, 5.41) is 9.21. The monoisotopic (exact) mass is 262 g/mol. The minimum Gasteiger partial charge on any atom is -0.478 e. The third-order valence-corrected chi connectivity index (χ3v) is 3.17. The Morgan fingerprint density at radius 3 is 3.00 bits per heavy atom. The maximum Gasteiger partial charge on any atom is 0.328 e. The number of ether oxygens (including phenoxy) is 1. The Bertz CT molecular complexity index is 593. The van der Waals surface area contributed by atoms with Crippen molar-refractivity contribution in [1.82, 2.24) is 9.97 Å². The smallest absolute Gasteiger partial charge is 0.328 e. The lowest BCUT2D eigenvalue weighted by Crippen LogP contribution is -1.87.